The van der Waals surface area contributed by atoms with Crippen LogP contribution in [0.15, 0.2) is 22.7 Å². The second kappa shape index (κ2) is 6.70. The first-order valence-corrected chi connectivity index (χ1v) is 7.56. The van der Waals surface area contributed by atoms with E-state index in [1.54, 1.807) is 17.6 Å². The lowest BCUT2D eigenvalue weighted by molar-refractivity contribution is -0.142. The third kappa shape index (κ3) is 3.80. The number of nitrogens with zero attached hydrogens (tertiary/aromatic N) is 2. The Labute approximate surface area is 118 Å². The molecule has 4 nitrogen and oxygen atoms in total. The Morgan fingerprint density at radius 3 is 2.89 bits per heavy atom. The quantitative estimate of drug-likeness (QED) is 0.628. The number of rotatable bonds is 4. The lowest BCUT2D eigenvalue weighted by Gasteiger charge is -2.38. The third-order valence-corrected chi connectivity index (χ3v) is 4.27. The minimum absolute atomic E-state index is 0.0244. The van der Waals surface area contributed by atoms with E-state index in [-0.39, 0.29) is 12.5 Å². The number of carbonyl (C=O) groups excluding carboxylic acids is 1. The summed E-state index contributed by atoms with van der Waals surface area (Å²) < 4.78 is 0. The zero-order valence-electron chi connectivity index (χ0n) is 11.4. The zero-order valence-corrected chi connectivity index (χ0v) is 12.2. The van der Waals surface area contributed by atoms with Crippen molar-refractivity contribution in [2.45, 2.75) is 45.2 Å². The van der Waals surface area contributed by atoms with E-state index in [9.17, 15) is 4.79 Å². The highest BCUT2D eigenvalue weighted by Gasteiger charge is 2.28. The van der Waals surface area contributed by atoms with Crippen molar-refractivity contribution in [2.24, 2.45) is 5.16 Å². The molecule has 19 heavy (non-hydrogen) atoms. The number of carbonyl (C=O) groups is 1. The standard InChI is InChI=1S/C14H20N2O2S/c1-11-5-3-6-12(2)16(11)14(17)10-18-15-9-13-7-4-8-19-13/h4,7-9,11-12H,3,5-6,10H2,1-2H3. The fraction of sp³-hybridized carbons (Fsp3) is 0.571. The summed E-state index contributed by atoms with van der Waals surface area (Å²) in [6.45, 7) is 4.22. The van der Waals surface area contributed by atoms with E-state index in [2.05, 4.69) is 19.0 Å². The maximum absolute atomic E-state index is 12.1. The van der Waals surface area contributed by atoms with E-state index >= 15 is 0 Å². The van der Waals surface area contributed by atoms with Gasteiger partial charge >= 0.3 is 0 Å². The van der Waals surface area contributed by atoms with E-state index in [0.29, 0.717) is 12.1 Å². The molecule has 2 unspecified atom stereocenters. The summed E-state index contributed by atoms with van der Waals surface area (Å²) >= 11 is 1.59. The molecule has 0 N–H and O–H groups in total. The van der Waals surface area contributed by atoms with Gasteiger partial charge in [-0.25, -0.2) is 0 Å². The van der Waals surface area contributed by atoms with Gasteiger partial charge in [0.2, 0.25) is 0 Å². The summed E-state index contributed by atoms with van der Waals surface area (Å²) in [6, 6.07) is 4.52. The molecule has 1 aliphatic heterocycles. The molecular weight excluding hydrogens is 260 g/mol. The number of hydrogen-bond donors (Lipinski definition) is 0. The van der Waals surface area contributed by atoms with Crippen LogP contribution in [0.25, 0.3) is 0 Å². The van der Waals surface area contributed by atoms with Gasteiger partial charge in [-0.1, -0.05) is 11.2 Å². The van der Waals surface area contributed by atoms with Crippen LogP contribution < -0.4 is 0 Å². The Balaban J connectivity index is 1.80. The van der Waals surface area contributed by atoms with Gasteiger partial charge in [-0.2, -0.15) is 0 Å². The van der Waals surface area contributed by atoms with Gasteiger partial charge in [0.05, 0.1) is 6.21 Å². The molecule has 2 atom stereocenters. The van der Waals surface area contributed by atoms with E-state index in [1.165, 1.54) is 6.42 Å². The molecule has 5 heteroatoms. The Morgan fingerprint density at radius 1 is 1.53 bits per heavy atom. The molecule has 1 aromatic heterocycles. The highest BCUT2D eigenvalue weighted by molar-refractivity contribution is 7.11. The molecule has 1 aromatic rings. The molecule has 1 amide bonds. The van der Waals surface area contributed by atoms with Crippen LogP contribution in [0.4, 0.5) is 0 Å². The predicted molar refractivity (Wildman–Crippen MR) is 77.5 cm³/mol. The Hall–Kier alpha value is -1.36. The van der Waals surface area contributed by atoms with Crippen LogP contribution in [-0.2, 0) is 9.63 Å². The maximum Gasteiger partial charge on any atom is 0.263 e. The Morgan fingerprint density at radius 2 is 2.26 bits per heavy atom. The summed E-state index contributed by atoms with van der Waals surface area (Å²) in [4.78, 5) is 20.2. The Bertz CT molecular complexity index is 421. The zero-order chi connectivity index (χ0) is 13.7. The van der Waals surface area contributed by atoms with E-state index in [1.807, 2.05) is 22.4 Å². The first-order chi connectivity index (χ1) is 9.18. The minimum Gasteiger partial charge on any atom is -0.386 e. The average Bonchev–Trinajstić information content (AvgIpc) is 2.87. The SMILES string of the molecule is CC1CCCC(C)N1C(=O)CON=Cc1cccs1. The molecule has 0 saturated carbocycles. The van der Waals surface area contributed by atoms with Gasteiger partial charge in [-0.3, -0.25) is 4.79 Å². The first-order valence-electron chi connectivity index (χ1n) is 6.68. The van der Waals surface area contributed by atoms with Crippen molar-refractivity contribution < 1.29 is 9.63 Å². The molecule has 0 spiro atoms. The molecular formula is C14H20N2O2S. The number of amides is 1. The molecule has 0 radical (unpaired) electrons. The molecule has 104 valence electrons. The monoisotopic (exact) mass is 280 g/mol. The fourth-order valence-corrected chi connectivity index (χ4v) is 3.11. The van der Waals surface area contributed by atoms with Crippen LogP contribution in [-0.4, -0.2) is 35.7 Å². The molecule has 1 aliphatic rings. The number of likely N-dealkylation sites (tertiary alicyclic amines) is 1. The van der Waals surface area contributed by atoms with Gasteiger partial charge < -0.3 is 9.74 Å². The Kier molecular flexibility index (Phi) is 4.96. The number of piperidine rings is 1. The fourth-order valence-electron chi connectivity index (χ4n) is 2.53. The van der Waals surface area contributed by atoms with Crippen molar-refractivity contribution in [3.8, 4) is 0 Å². The molecule has 2 heterocycles. The molecule has 1 fully saturated rings. The molecule has 1 saturated heterocycles. The first kappa shape index (κ1) is 14.1. The van der Waals surface area contributed by atoms with Gasteiger partial charge in [0.1, 0.15) is 0 Å². The number of oxime groups is 1. The van der Waals surface area contributed by atoms with Crippen LogP contribution in [0.3, 0.4) is 0 Å². The lowest BCUT2D eigenvalue weighted by atomic mass is 9.97. The molecule has 2 rings (SSSR count). The van der Waals surface area contributed by atoms with Crippen molar-refractivity contribution in [3.63, 3.8) is 0 Å². The van der Waals surface area contributed by atoms with Crippen molar-refractivity contribution in [2.75, 3.05) is 6.61 Å². The van der Waals surface area contributed by atoms with Crippen LogP contribution in [0.2, 0.25) is 0 Å². The van der Waals surface area contributed by atoms with Crippen LogP contribution in [0.5, 0.6) is 0 Å². The predicted octanol–water partition coefficient (Wildman–Crippen LogP) is 2.89. The summed E-state index contributed by atoms with van der Waals surface area (Å²) in [5.74, 6) is 0.0306. The lowest BCUT2D eigenvalue weighted by Crippen LogP contribution is -2.48. The van der Waals surface area contributed by atoms with E-state index < -0.39 is 0 Å². The molecule has 0 aromatic carbocycles. The highest BCUT2D eigenvalue weighted by Crippen LogP contribution is 2.22. The van der Waals surface area contributed by atoms with Gasteiger partial charge in [-0.05, 0) is 44.6 Å². The summed E-state index contributed by atoms with van der Waals surface area (Å²) in [5, 5.41) is 5.81. The third-order valence-electron chi connectivity index (χ3n) is 3.47. The van der Waals surface area contributed by atoms with Crippen LogP contribution in [0, 0.1) is 0 Å². The number of thiophene rings is 1. The van der Waals surface area contributed by atoms with Crippen LogP contribution in [0.1, 0.15) is 38.0 Å². The van der Waals surface area contributed by atoms with E-state index in [4.69, 9.17) is 4.84 Å². The summed E-state index contributed by atoms with van der Waals surface area (Å²) in [7, 11) is 0. The van der Waals surface area contributed by atoms with Gasteiger partial charge in [-0.15, -0.1) is 11.3 Å². The second-order valence-corrected chi connectivity index (χ2v) is 5.93. The molecule has 0 aliphatic carbocycles. The second-order valence-electron chi connectivity index (χ2n) is 4.95. The normalized spacial score (nSPS) is 23.8. The smallest absolute Gasteiger partial charge is 0.263 e. The van der Waals surface area contributed by atoms with Crippen molar-refractivity contribution >= 4 is 23.5 Å². The highest BCUT2D eigenvalue weighted by atomic mass is 32.1. The summed E-state index contributed by atoms with van der Waals surface area (Å²) in [6.07, 6.45) is 4.99. The average molecular weight is 280 g/mol. The van der Waals surface area contributed by atoms with E-state index in [0.717, 1.165) is 17.7 Å². The van der Waals surface area contributed by atoms with Crippen LogP contribution >= 0.6 is 11.3 Å². The van der Waals surface area contributed by atoms with Crippen molar-refractivity contribution in [1.29, 1.82) is 0 Å². The molecule has 0 bridgehead atoms. The van der Waals surface area contributed by atoms with Gasteiger partial charge in [0.15, 0.2) is 6.61 Å². The number of hydrogen-bond acceptors (Lipinski definition) is 4. The van der Waals surface area contributed by atoms with Gasteiger partial charge in [0, 0.05) is 17.0 Å². The van der Waals surface area contributed by atoms with Gasteiger partial charge in [0.25, 0.3) is 5.91 Å². The maximum atomic E-state index is 12.1. The van der Waals surface area contributed by atoms with Crippen molar-refractivity contribution in [3.05, 3.63) is 22.4 Å². The van der Waals surface area contributed by atoms with Crippen molar-refractivity contribution in [1.82, 2.24) is 4.90 Å². The summed E-state index contributed by atoms with van der Waals surface area (Å²) in [5.41, 5.74) is 0. The minimum atomic E-state index is 0.0244. The largest absolute Gasteiger partial charge is 0.386 e. The topological polar surface area (TPSA) is 41.9 Å².